The van der Waals surface area contributed by atoms with E-state index >= 15 is 0 Å². The van der Waals surface area contributed by atoms with E-state index in [0.29, 0.717) is 22.3 Å². The summed E-state index contributed by atoms with van der Waals surface area (Å²) >= 11 is 0. The van der Waals surface area contributed by atoms with Crippen molar-refractivity contribution in [2.24, 2.45) is 0 Å². The minimum Gasteiger partial charge on any atom is -0.310 e. The zero-order valence-corrected chi connectivity index (χ0v) is 15.5. The molecule has 142 valence electrons. The van der Waals surface area contributed by atoms with E-state index in [1.165, 1.54) is 17.0 Å². The predicted molar refractivity (Wildman–Crippen MR) is 111 cm³/mol. The third-order valence-corrected chi connectivity index (χ3v) is 4.57. The number of hydrogen-bond donors (Lipinski definition) is 0. The fourth-order valence-electron chi connectivity index (χ4n) is 3.02. The highest BCUT2D eigenvalue weighted by atomic mass is 16.6. The van der Waals surface area contributed by atoms with Crippen molar-refractivity contribution in [3.05, 3.63) is 94.7 Å². The maximum absolute atomic E-state index is 13.3. The van der Waals surface area contributed by atoms with E-state index in [0.717, 1.165) is 5.69 Å². The van der Waals surface area contributed by atoms with Gasteiger partial charge >= 0.3 is 0 Å². The van der Waals surface area contributed by atoms with Gasteiger partial charge in [0.25, 0.3) is 11.6 Å². The molecular weight excluding hydrogens is 368 g/mol. The summed E-state index contributed by atoms with van der Waals surface area (Å²) in [4.78, 5) is 34.5. The van der Waals surface area contributed by atoms with Gasteiger partial charge in [0.1, 0.15) is 5.69 Å². The Morgan fingerprint density at radius 1 is 0.862 bits per heavy atom. The Bertz CT molecular complexity index is 1210. The number of nitrogens with zero attached hydrogens (tertiary/aromatic N) is 4. The SMILES string of the molecule is CN(C(=O)c1nc2ccccc2nc1-c1ccc([N+](=O)[O-])cc1)c1ccccc1. The number of para-hydroxylation sites is 3. The molecule has 0 bridgehead atoms. The van der Waals surface area contributed by atoms with Crippen LogP contribution in [0.4, 0.5) is 11.4 Å². The number of non-ortho nitro benzene ring substituents is 1. The van der Waals surface area contributed by atoms with E-state index in [4.69, 9.17) is 0 Å². The summed E-state index contributed by atoms with van der Waals surface area (Å²) < 4.78 is 0. The van der Waals surface area contributed by atoms with Crippen LogP contribution in [-0.2, 0) is 0 Å². The second-order valence-electron chi connectivity index (χ2n) is 6.41. The van der Waals surface area contributed by atoms with Crippen molar-refractivity contribution in [1.82, 2.24) is 9.97 Å². The second kappa shape index (κ2) is 7.47. The Hall–Kier alpha value is -4.13. The molecule has 0 radical (unpaired) electrons. The van der Waals surface area contributed by atoms with Crippen LogP contribution < -0.4 is 4.90 Å². The topological polar surface area (TPSA) is 89.2 Å². The van der Waals surface area contributed by atoms with Gasteiger partial charge in [0.2, 0.25) is 0 Å². The van der Waals surface area contributed by atoms with Crippen molar-refractivity contribution in [1.29, 1.82) is 0 Å². The van der Waals surface area contributed by atoms with E-state index in [1.807, 2.05) is 48.5 Å². The Labute approximate surface area is 166 Å². The predicted octanol–water partition coefficient (Wildman–Crippen LogP) is 4.48. The van der Waals surface area contributed by atoms with Crippen LogP contribution in [0.2, 0.25) is 0 Å². The molecule has 0 aliphatic rings. The van der Waals surface area contributed by atoms with Crippen LogP contribution in [0.1, 0.15) is 10.5 Å². The van der Waals surface area contributed by atoms with Crippen LogP contribution in [-0.4, -0.2) is 27.8 Å². The van der Waals surface area contributed by atoms with Crippen LogP contribution in [0.25, 0.3) is 22.3 Å². The number of hydrogen-bond acceptors (Lipinski definition) is 5. The van der Waals surface area contributed by atoms with Gasteiger partial charge in [-0.25, -0.2) is 9.97 Å². The van der Waals surface area contributed by atoms with E-state index < -0.39 is 4.92 Å². The lowest BCUT2D eigenvalue weighted by atomic mass is 10.1. The van der Waals surface area contributed by atoms with Gasteiger partial charge < -0.3 is 4.90 Å². The molecule has 29 heavy (non-hydrogen) atoms. The van der Waals surface area contributed by atoms with Crippen molar-refractivity contribution in [3.63, 3.8) is 0 Å². The third-order valence-electron chi connectivity index (χ3n) is 4.57. The van der Waals surface area contributed by atoms with Crippen molar-refractivity contribution in [2.75, 3.05) is 11.9 Å². The number of rotatable bonds is 4. The minimum absolute atomic E-state index is 0.0308. The molecule has 1 amide bonds. The van der Waals surface area contributed by atoms with Crippen LogP contribution in [0.3, 0.4) is 0 Å². The first-order valence-electron chi connectivity index (χ1n) is 8.89. The summed E-state index contributed by atoms with van der Waals surface area (Å²) in [5.74, 6) is -0.317. The van der Waals surface area contributed by atoms with Gasteiger partial charge in [-0.05, 0) is 36.4 Å². The molecule has 0 saturated carbocycles. The number of fused-ring (bicyclic) bond motifs is 1. The zero-order chi connectivity index (χ0) is 20.4. The molecule has 0 aliphatic heterocycles. The standard InChI is InChI=1S/C22H16N4O3/c1-25(16-7-3-2-4-8-16)22(27)21-20(15-11-13-17(14-12-15)26(28)29)23-18-9-5-6-10-19(18)24-21/h2-14H,1H3. The van der Waals surface area contributed by atoms with E-state index in [9.17, 15) is 14.9 Å². The first-order valence-corrected chi connectivity index (χ1v) is 8.89. The van der Waals surface area contributed by atoms with Gasteiger partial charge in [0, 0.05) is 30.4 Å². The van der Waals surface area contributed by atoms with Crippen LogP contribution in [0, 0.1) is 10.1 Å². The zero-order valence-electron chi connectivity index (χ0n) is 15.5. The quantitative estimate of drug-likeness (QED) is 0.382. The molecule has 1 heterocycles. The highest BCUT2D eigenvalue weighted by Gasteiger charge is 2.22. The Morgan fingerprint density at radius 2 is 1.45 bits per heavy atom. The molecule has 0 fully saturated rings. The molecule has 0 unspecified atom stereocenters. The monoisotopic (exact) mass is 384 g/mol. The van der Waals surface area contributed by atoms with Gasteiger partial charge in [0.15, 0.2) is 5.69 Å². The summed E-state index contributed by atoms with van der Waals surface area (Å²) in [6, 6.07) is 22.5. The summed E-state index contributed by atoms with van der Waals surface area (Å²) in [6.07, 6.45) is 0. The van der Waals surface area contributed by atoms with Crippen LogP contribution >= 0.6 is 0 Å². The Morgan fingerprint density at radius 3 is 2.07 bits per heavy atom. The maximum Gasteiger partial charge on any atom is 0.278 e. The van der Waals surface area contributed by atoms with Crippen molar-refractivity contribution in [2.45, 2.75) is 0 Å². The summed E-state index contributed by atoms with van der Waals surface area (Å²) in [7, 11) is 1.67. The fraction of sp³-hybridized carbons (Fsp3) is 0.0455. The van der Waals surface area contributed by atoms with Crippen molar-refractivity contribution >= 4 is 28.3 Å². The van der Waals surface area contributed by atoms with Gasteiger partial charge in [-0.3, -0.25) is 14.9 Å². The summed E-state index contributed by atoms with van der Waals surface area (Å²) in [5, 5.41) is 11.0. The number of nitro benzene ring substituents is 1. The van der Waals surface area contributed by atoms with Crippen molar-refractivity contribution < 1.29 is 9.72 Å². The molecule has 7 heteroatoms. The Balaban J connectivity index is 1.86. The highest BCUT2D eigenvalue weighted by Crippen LogP contribution is 2.27. The van der Waals surface area contributed by atoms with Gasteiger partial charge in [0.05, 0.1) is 16.0 Å². The molecule has 0 N–H and O–H groups in total. The first-order chi connectivity index (χ1) is 14.0. The van der Waals surface area contributed by atoms with Crippen LogP contribution in [0.5, 0.6) is 0 Å². The van der Waals surface area contributed by atoms with Gasteiger partial charge in [-0.2, -0.15) is 0 Å². The minimum atomic E-state index is -0.467. The fourth-order valence-corrected chi connectivity index (χ4v) is 3.02. The number of benzene rings is 3. The lowest BCUT2D eigenvalue weighted by Crippen LogP contribution is -2.28. The van der Waals surface area contributed by atoms with E-state index in [-0.39, 0.29) is 17.3 Å². The summed E-state index contributed by atoms with van der Waals surface area (Å²) in [6.45, 7) is 0. The number of carbonyl (C=O) groups is 1. The molecule has 4 rings (SSSR count). The number of amides is 1. The Kier molecular flexibility index (Phi) is 4.70. The molecular formula is C22H16N4O3. The molecule has 0 atom stereocenters. The molecule has 7 nitrogen and oxygen atoms in total. The highest BCUT2D eigenvalue weighted by molar-refractivity contribution is 6.09. The summed E-state index contributed by atoms with van der Waals surface area (Å²) in [5.41, 5.74) is 3.08. The molecule has 1 aromatic heterocycles. The number of aromatic nitrogens is 2. The van der Waals surface area contributed by atoms with Gasteiger partial charge in [-0.15, -0.1) is 0 Å². The molecule has 4 aromatic rings. The maximum atomic E-state index is 13.3. The van der Waals surface area contributed by atoms with E-state index in [1.54, 1.807) is 25.2 Å². The average molecular weight is 384 g/mol. The lowest BCUT2D eigenvalue weighted by Gasteiger charge is -2.18. The number of nitro groups is 1. The average Bonchev–Trinajstić information content (AvgIpc) is 2.78. The van der Waals surface area contributed by atoms with Gasteiger partial charge in [-0.1, -0.05) is 30.3 Å². The molecule has 0 saturated heterocycles. The van der Waals surface area contributed by atoms with Crippen molar-refractivity contribution in [3.8, 4) is 11.3 Å². The second-order valence-corrected chi connectivity index (χ2v) is 6.41. The molecule has 3 aromatic carbocycles. The first kappa shape index (κ1) is 18.2. The normalized spacial score (nSPS) is 10.7. The molecule has 0 aliphatic carbocycles. The van der Waals surface area contributed by atoms with E-state index in [2.05, 4.69) is 9.97 Å². The smallest absolute Gasteiger partial charge is 0.278 e. The largest absolute Gasteiger partial charge is 0.310 e. The van der Waals surface area contributed by atoms with Crippen LogP contribution in [0.15, 0.2) is 78.9 Å². The number of carbonyl (C=O) groups excluding carboxylic acids is 1. The lowest BCUT2D eigenvalue weighted by molar-refractivity contribution is -0.384. The number of anilines is 1. The third kappa shape index (κ3) is 3.53. The molecule has 0 spiro atoms.